The Hall–Kier alpha value is 2.87. The molecule has 0 radical (unpaired) electrons. The molecule has 0 aliphatic heterocycles. The molecule has 7 heavy (non-hydrogen) atoms. The van der Waals surface area contributed by atoms with Crippen molar-refractivity contribution < 1.29 is 109 Å². The maximum atomic E-state index is 8.50. The molecule has 0 saturated carbocycles. The van der Waals surface area contributed by atoms with E-state index in [0.717, 1.165) is 0 Å². The van der Waals surface area contributed by atoms with Gasteiger partial charge in [-0.15, -0.1) is 0 Å². The summed E-state index contributed by atoms with van der Waals surface area (Å²) in [6, 6.07) is 0. The van der Waals surface area contributed by atoms with Crippen LogP contribution in [0, 0.1) is 0 Å². The normalized spacial score (nSPS) is 1.71. The van der Waals surface area contributed by atoms with Crippen molar-refractivity contribution in [3.8, 4) is 0 Å². The average molecular weight is 245 g/mol. The first kappa shape index (κ1) is 32.7. The van der Waals surface area contributed by atoms with Crippen LogP contribution >= 0.6 is 0 Å². The van der Waals surface area contributed by atoms with E-state index < -0.39 is 18.5 Å². The molecule has 0 heterocycles. The van der Waals surface area contributed by atoms with Gasteiger partial charge in [0.2, 0.25) is 0 Å². The zero-order chi connectivity index (χ0) is 2.71. The van der Waals surface area contributed by atoms with Crippen molar-refractivity contribution in [1.29, 1.82) is 0 Å². The summed E-state index contributed by atoms with van der Waals surface area (Å²) in [5.74, 6) is 0. The Morgan fingerprint density at radius 2 is 0.857 bits per heavy atom. The zero-order valence-corrected chi connectivity index (χ0v) is 11.5. The van der Waals surface area contributed by atoms with Crippen molar-refractivity contribution in [1.82, 2.24) is 0 Å². The van der Waals surface area contributed by atoms with Gasteiger partial charge in [0.05, 0.1) is 0 Å². The molecule has 7 heteroatoms. The van der Waals surface area contributed by atoms with Crippen LogP contribution in [0.5, 0.6) is 0 Å². The van der Waals surface area contributed by atoms with Crippen LogP contribution in [-0.2, 0) is 25.3 Å². The van der Waals surface area contributed by atoms with Crippen molar-refractivity contribution in [3.05, 3.63) is 0 Å². The van der Waals surface area contributed by atoms with Crippen molar-refractivity contribution in [2.45, 2.75) is 0 Å². The SMILES string of the molecule is [Cl-].[Cl-].[Na+].[Na+].[O]=[Mo]=[O]. The van der Waals surface area contributed by atoms with Crippen LogP contribution in [0.25, 0.3) is 0 Å². The van der Waals surface area contributed by atoms with E-state index in [4.69, 9.17) is 6.80 Å². The molecule has 0 unspecified atom stereocenters. The summed E-state index contributed by atoms with van der Waals surface area (Å²) in [4.78, 5) is 0. The molecule has 0 aromatic heterocycles. The Kier molecular flexibility index (Phi) is 172. The van der Waals surface area contributed by atoms with Crippen LogP contribution in [0.1, 0.15) is 0 Å². The van der Waals surface area contributed by atoms with Crippen LogP contribution < -0.4 is 83.9 Å². The van der Waals surface area contributed by atoms with E-state index >= 15 is 0 Å². The molecule has 0 saturated heterocycles. The molecule has 34 valence electrons. The van der Waals surface area contributed by atoms with Gasteiger partial charge in [0.1, 0.15) is 0 Å². The Morgan fingerprint density at radius 3 is 0.857 bits per heavy atom. The topological polar surface area (TPSA) is 34.1 Å². The van der Waals surface area contributed by atoms with Crippen molar-refractivity contribution in [2.75, 3.05) is 0 Å². The fourth-order valence-corrected chi connectivity index (χ4v) is 0. The maximum absolute atomic E-state index is 8.50. The van der Waals surface area contributed by atoms with Gasteiger partial charge in [-0.05, 0) is 0 Å². The van der Waals surface area contributed by atoms with Crippen LogP contribution in [0.15, 0.2) is 0 Å². The summed E-state index contributed by atoms with van der Waals surface area (Å²) in [6.07, 6.45) is 0. The fourth-order valence-electron chi connectivity index (χ4n) is 0. The molecular weight excluding hydrogens is 245 g/mol. The molecule has 0 amide bonds. The van der Waals surface area contributed by atoms with Crippen LogP contribution in [-0.4, -0.2) is 0 Å². The van der Waals surface area contributed by atoms with Gasteiger partial charge in [0.15, 0.2) is 0 Å². The molecule has 0 aliphatic rings. The Balaban J connectivity index is -0.00000000333. The van der Waals surface area contributed by atoms with E-state index in [2.05, 4.69) is 0 Å². The molecule has 0 bridgehead atoms. The molecule has 0 spiro atoms. The zero-order valence-electron chi connectivity index (χ0n) is 3.98. The quantitative estimate of drug-likeness (QED) is 0.397. The minimum atomic E-state index is -2.03. The summed E-state index contributed by atoms with van der Waals surface area (Å²) in [7, 11) is 0. The van der Waals surface area contributed by atoms with E-state index in [1.807, 2.05) is 0 Å². The van der Waals surface area contributed by atoms with Crippen molar-refractivity contribution >= 4 is 0 Å². The molecule has 0 rings (SSSR count). The van der Waals surface area contributed by atoms with Crippen LogP contribution in [0.2, 0.25) is 0 Å². The number of hydrogen-bond acceptors (Lipinski definition) is 2. The second-order valence-electron chi connectivity index (χ2n) is 0.0680. The van der Waals surface area contributed by atoms with Crippen LogP contribution in [0.3, 0.4) is 0 Å². The number of halogens is 2. The third kappa shape index (κ3) is 50.8. The van der Waals surface area contributed by atoms with Crippen molar-refractivity contribution in [3.63, 3.8) is 0 Å². The van der Waals surface area contributed by atoms with E-state index in [1.165, 1.54) is 0 Å². The van der Waals surface area contributed by atoms with Crippen LogP contribution in [0.4, 0.5) is 0 Å². The molecule has 0 aromatic rings. The predicted octanol–water partition coefficient (Wildman–Crippen LogP) is -12.2. The molecule has 0 aromatic carbocycles. The fraction of sp³-hybridized carbons (Fsp3) is 0. The first-order valence-corrected chi connectivity index (χ1v) is 1.97. The summed E-state index contributed by atoms with van der Waals surface area (Å²) < 4.78 is 17.0. The molecule has 0 aliphatic carbocycles. The standard InChI is InChI=1S/2ClH.Mo.2Na.2O/h2*1H;;;;;/q;;;2*+1;;/p-2. The Labute approximate surface area is 107 Å². The Bertz CT molecular complexity index is 34.7. The third-order valence-corrected chi connectivity index (χ3v) is 0. The van der Waals surface area contributed by atoms with Gasteiger partial charge in [-0.1, -0.05) is 0 Å². The van der Waals surface area contributed by atoms with Gasteiger partial charge >= 0.3 is 84.4 Å². The first-order chi connectivity index (χ1) is 1.41. The average Bonchev–Trinajstić information content (AvgIpc) is 0.918. The van der Waals surface area contributed by atoms with Gasteiger partial charge in [0.25, 0.3) is 0 Å². The summed E-state index contributed by atoms with van der Waals surface area (Å²) in [5, 5.41) is 0. The minimum absolute atomic E-state index is 0. The summed E-state index contributed by atoms with van der Waals surface area (Å²) in [6.45, 7) is 0. The third-order valence-electron chi connectivity index (χ3n) is 0. The molecular formula is Cl2MoNa2O2. The predicted molar refractivity (Wildman–Crippen MR) is 1.37 cm³/mol. The Morgan fingerprint density at radius 1 is 0.857 bits per heavy atom. The second-order valence-corrected chi connectivity index (χ2v) is 0.403. The van der Waals surface area contributed by atoms with E-state index in [1.54, 1.807) is 0 Å². The molecule has 0 fully saturated rings. The summed E-state index contributed by atoms with van der Waals surface area (Å²) >= 11 is -2.03. The van der Waals surface area contributed by atoms with E-state index in [-0.39, 0.29) is 83.9 Å². The van der Waals surface area contributed by atoms with E-state index in [9.17, 15) is 0 Å². The van der Waals surface area contributed by atoms with E-state index in [0.29, 0.717) is 0 Å². The molecule has 0 N–H and O–H groups in total. The van der Waals surface area contributed by atoms with Gasteiger partial charge in [-0.3, -0.25) is 0 Å². The number of hydrogen-bond donors (Lipinski definition) is 0. The molecule has 2 nitrogen and oxygen atoms in total. The second kappa shape index (κ2) is 36.7. The van der Waals surface area contributed by atoms with Gasteiger partial charge in [0, 0.05) is 0 Å². The number of rotatable bonds is 0. The van der Waals surface area contributed by atoms with Gasteiger partial charge in [-0.25, -0.2) is 0 Å². The molecule has 0 atom stereocenters. The van der Waals surface area contributed by atoms with Gasteiger partial charge < -0.3 is 24.8 Å². The monoisotopic (exact) mass is 246 g/mol. The van der Waals surface area contributed by atoms with Gasteiger partial charge in [-0.2, -0.15) is 0 Å². The first-order valence-electron chi connectivity index (χ1n) is 0.333. The van der Waals surface area contributed by atoms with Crippen molar-refractivity contribution in [2.24, 2.45) is 0 Å². The summed E-state index contributed by atoms with van der Waals surface area (Å²) in [5.41, 5.74) is 0.